The zero-order chi connectivity index (χ0) is 13.4. The molecule has 0 radical (unpaired) electrons. The van der Waals surface area contributed by atoms with E-state index in [1.165, 1.54) is 6.42 Å². The Labute approximate surface area is 109 Å². The van der Waals surface area contributed by atoms with Crippen LogP contribution in [0.15, 0.2) is 12.1 Å². The minimum absolute atomic E-state index is 0.411. The zero-order valence-corrected chi connectivity index (χ0v) is 11.4. The lowest BCUT2D eigenvalue weighted by Gasteiger charge is -2.06. The van der Waals surface area contributed by atoms with Crippen molar-refractivity contribution in [2.45, 2.75) is 46.0 Å². The molecule has 0 aliphatic carbocycles. The first kappa shape index (κ1) is 15.1. The van der Waals surface area contributed by atoms with Gasteiger partial charge in [-0.15, -0.1) is 0 Å². The van der Waals surface area contributed by atoms with Crippen molar-refractivity contribution >= 4 is 0 Å². The number of nitrogens with one attached hydrogen (secondary N) is 1. The van der Waals surface area contributed by atoms with Gasteiger partial charge in [-0.3, -0.25) is 0 Å². The van der Waals surface area contributed by atoms with Gasteiger partial charge >= 0.3 is 0 Å². The molecule has 0 aliphatic rings. The number of hydrogen-bond donors (Lipinski definition) is 1. The highest BCUT2D eigenvalue weighted by Crippen LogP contribution is 2.16. The van der Waals surface area contributed by atoms with Gasteiger partial charge in [0.05, 0.1) is 0 Å². The molecular weight excluding hydrogens is 232 g/mol. The molecule has 18 heavy (non-hydrogen) atoms. The summed E-state index contributed by atoms with van der Waals surface area (Å²) in [5.74, 6) is -0.868. The fourth-order valence-corrected chi connectivity index (χ4v) is 2.00. The van der Waals surface area contributed by atoms with Crippen molar-refractivity contribution in [3.8, 4) is 0 Å². The van der Waals surface area contributed by atoms with Crippen LogP contribution in [0.25, 0.3) is 0 Å². The Bertz CT molecular complexity index is 364. The van der Waals surface area contributed by atoms with Crippen LogP contribution in [0.2, 0.25) is 0 Å². The van der Waals surface area contributed by atoms with E-state index in [2.05, 4.69) is 12.2 Å². The van der Waals surface area contributed by atoms with Gasteiger partial charge in [0.15, 0.2) is 0 Å². The van der Waals surface area contributed by atoms with Gasteiger partial charge in [0.2, 0.25) is 0 Å². The van der Waals surface area contributed by atoms with Gasteiger partial charge in [-0.05, 0) is 50.4 Å². The fraction of sp³-hybridized carbons (Fsp3) is 0.600. The second kappa shape index (κ2) is 8.20. The first-order chi connectivity index (χ1) is 8.65. The molecule has 0 saturated carbocycles. The van der Waals surface area contributed by atoms with Gasteiger partial charge in [0.25, 0.3) is 0 Å². The molecule has 1 N–H and O–H groups in total. The zero-order valence-electron chi connectivity index (χ0n) is 11.4. The molecule has 1 rings (SSSR count). The molecule has 1 nitrogen and oxygen atoms in total. The van der Waals surface area contributed by atoms with Gasteiger partial charge in [0.1, 0.15) is 11.6 Å². The Kier molecular flexibility index (Phi) is 6.88. The van der Waals surface area contributed by atoms with Crippen molar-refractivity contribution < 1.29 is 8.78 Å². The largest absolute Gasteiger partial charge is 0.317 e. The fourth-order valence-electron chi connectivity index (χ4n) is 2.00. The van der Waals surface area contributed by atoms with Crippen LogP contribution in [-0.4, -0.2) is 13.1 Å². The minimum atomic E-state index is -0.457. The molecule has 0 atom stereocenters. The van der Waals surface area contributed by atoms with Gasteiger partial charge < -0.3 is 5.32 Å². The maximum absolute atomic E-state index is 13.5. The van der Waals surface area contributed by atoms with E-state index in [1.807, 2.05) is 0 Å². The SMILES string of the molecule is CCNCCCCCCc1cc(C)c(F)cc1F. The van der Waals surface area contributed by atoms with E-state index in [0.29, 0.717) is 17.5 Å². The lowest BCUT2D eigenvalue weighted by atomic mass is 10.0. The summed E-state index contributed by atoms with van der Waals surface area (Å²) >= 11 is 0. The molecule has 0 unspecified atom stereocenters. The second-order valence-electron chi connectivity index (χ2n) is 4.71. The third-order valence-corrected chi connectivity index (χ3v) is 3.13. The van der Waals surface area contributed by atoms with Crippen LogP contribution in [0.5, 0.6) is 0 Å². The maximum atomic E-state index is 13.5. The summed E-state index contributed by atoms with van der Waals surface area (Å²) in [5.41, 5.74) is 1.17. The van der Waals surface area contributed by atoms with Gasteiger partial charge in [-0.1, -0.05) is 25.8 Å². The number of benzene rings is 1. The molecule has 1 aromatic carbocycles. The Morgan fingerprint density at radius 2 is 1.72 bits per heavy atom. The van der Waals surface area contributed by atoms with Crippen molar-refractivity contribution in [1.82, 2.24) is 5.32 Å². The molecular formula is C15H23F2N. The van der Waals surface area contributed by atoms with E-state index in [-0.39, 0.29) is 0 Å². The normalized spacial score (nSPS) is 10.9. The van der Waals surface area contributed by atoms with Crippen LogP contribution < -0.4 is 5.32 Å². The van der Waals surface area contributed by atoms with E-state index in [1.54, 1.807) is 13.0 Å². The van der Waals surface area contributed by atoms with Crippen molar-refractivity contribution in [2.24, 2.45) is 0 Å². The molecule has 1 aromatic rings. The molecule has 0 fully saturated rings. The smallest absolute Gasteiger partial charge is 0.129 e. The second-order valence-corrected chi connectivity index (χ2v) is 4.71. The highest BCUT2D eigenvalue weighted by molar-refractivity contribution is 5.25. The number of halogens is 2. The average molecular weight is 255 g/mol. The Hall–Kier alpha value is -0.960. The highest BCUT2D eigenvalue weighted by Gasteiger charge is 2.06. The summed E-state index contributed by atoms with van der Waals surface area (Å²) in [5, 5.41) is 3.28. The summed E-state index contributed by atoms with van der Waals surface area (Å²) in [6.45, 7) is 5.84. The van der Waals surface area contributed by atoms with Crippen molar-refractivity contribution in [3.63, 3.8) is 0 Å². The van der Waals surface area contributed by atoms with E-state index in [9.17, 15) is 8.78 Å². The number of unbranched alkanes of at least 4 members (excludes halogenated alkanes) is 3. The summed E-state index contributed by atoms with van der Waals surface area (Å²) in [6, 6.07) is 2.62. The minimum Gasteiger partial charge on any atom is -0.317 e. The molecule has 0 amide bonds. The van der Waals surface area contributed by atoms with Crippen LogP contribution >= 0.6 is 0 Å². The summed E-state index contributed by atoms with van der Waals surface area (Å²) in [7, 11) is 0. The van der Waals surface area contributed by atoms with Gasteiger partial charge in [-0.25, -0.2) is 8.78 Å². The van der Waals surface area contributed by atoms with Crippen molar-refractivity contribution in [2.75, 3.05) is 13.1 Å². The Morgan fingerprint density at radius 3 is 2.44 bits per heavy atom. The molecule has 0 bridgehead atoms. The van der Waals surface area contributed by atoms with E-state index >= 15 is 0 Å². The predicted octanol–water partition coefficient (Wildman–Crippen LogP) is 3.99. The van der Waals surface area contributed by atoms with Gasteiger partial charge in [0, 0.05) is 6.07 Å². The number of rotatable bonds is 8. The Morgan fingerprint density at radius 1 is 1.00 bits per heavy atom. The topological polar surface area (TPSA) is 12.0 Å². The average Bonchev–Trinajstić information content (AvgIpc) is 2.34. The third-order valence-electron chi connectivity index (χ3n) is 3.13. The Balaban J connectivity index is 2.25. The van der Waals surface area contributed by atoms with Crippen LogP contribution in [0.3, 0.4) is 0 Å². The molecule has 0 aliphatic heterocycles. The third kappa shape index (κ3) is 5.13. The lowest BCUT2D eigenvalue weighted by Crippen LogP contribution is -2.13. The summed E-state index contributed by atoms with van der Waals surface area (Å²) in [6.07, 6.45) is 5.09. The molecule has 0 aromatic heterocycles. The van der Waals surface area contributed by atoms with Crippen LogP contribution in [0.4, 0.5) is 8.78 Å². The lowest BCUT2D eigenvalue weighted by molar-refractivity contribution is 0.555. The van der Waals surface area contributed by atoms with E-state index < -0.39 is 11.6 Å². The molecule has 102 valence electrons. The first-order valence-corrected chi connectivity index (χ1v) is 6.80. The van der Waals surface area contributed by atoms with Crippen LogP contribution in [-0.2, 0) is 6.42 Å². The summed E-state index contributed by atoms with van der Waals surface area (Å²) < 4.78 is 26.5. The molecule has 3 heteroatoms. The first-order valence-electron chi connectivity index (χ1n) is 6.80. The summed E-state index contributed by atoms with van der Waals surface area (Å²) in [4.78, 5) is 0. The quantitative estimate of drug-likeness (QED) is 0.693. The number of aryl methyl sites for hydroxylation is 2. The molecule has 0 saturated heterocycles. The van der Waals surface area contributed by atoms with Crippen LogP contribution in [0, 0.1) is 18.6 Å². The highest BCUT2D eigenvalue weighted by atomic mass is 19.1. The molecule has 0 spiro atoms. The van der Waals surface area contributed by atoms with Crippen LogP contribution in [0.1, 0.15) is 43.7 Å². The standard InChI is InChI=1S/C15H23F2N/c1-3-18-9-7-5-4-6-8-13-10-12(2)14(16)11-15(13)17/h10-11,18H,3-9H2,1-2H3. The van der Waals surface area contributed by atoms with Gasteiger partial charge in [-0.2, -0.15) is 0 Å². The monoisotopic (exact) mass is 255 g/mol. The van der Waals surface area contributed by atoms with E-state index in [4.69, 9.17) is 0 Å². The van der Waals surface area contributed by atoms with E-state index in [0.717, 1.165) is 38.4 Å². The maximum Gasteiger partial charge on any atom is 0.129 e. The number of hydrogen-bond acceptors (Lipinski definition) is 1. The van der Waals surface area contributed by atoms with Crippen molar-refractivity contribution in [3.05, 3.63) is 34.9 Å². The van der Waals surface area contributed by atoms with Crippen molar-refractivity contribution in [1.29, 1.82) is 0 Å². The molecule has 0 heterocycles. The predicted molar refractivity (Wildman–Crippen MR) is 71.8 cm³/mol.